The molecule has 0 saturated heterocycles. The maximum Gasteiger partial charge on any atom is 0.0950 e. The molecule has 0 spiro atoms. The van der Waals surface area contributed by atoms with Gasteiger partial charge in [0.15, 0.2) is 0 Å². The van der Waals surface area contributed by atoms with Gasteiger partial charge in [0.2, 0.25) is 0 Å². The molecule has 1 atom stereocenters. The van der Waals surface area contributed by atoms with E-state index in [2.05, 4.69) is 60.8 Å². The number of thiazole rings is 1. The summed E-state index contributed by atoms with van der Waals surface area (Å²) in [4.78, 5) is 6.01. The molecule has 5 heteroatoms. The molecule has 2 aromatic heterocycles. The highest BCUT2D eigenvalue weighted by molar-refractivity contribution is 7.11. The zero-order chi connectivity index (χ0) is 15.4. The van der Waals surface area contributed by atoms with Crippen LogP contribution in [-0.2, 0) is 19.4 Å². The number of likely N-dealkylation sites (N-methyl/N-ethyl adjacent to an activating group) is 1. The van der Waals surface area contributed by atoms with Gasteiger partial charge in [-0.15, -0.1) is 11.3 Å². The van der Waals surface area contributed by atoms with E-state index < -0.39 is 0 Å². The van der Waals surface area contributed by atoms with Crippen LogP contribution in [0.5, 0.6) is 0 Å². The van der Waals surface area contributed by atoms with Gasteiger partial charge in [-0.3, -0.25) is 4.68 Å². The van der Waals surface area contributed by atoms with Gasteiger partial charge < -0.3 is 5.32 Å². The molecule has 0 aromatic carbocycles. The van der Waals surface area contributed by atoms with E-state index in [1.54, 1.807) is 0 Å². The minimum absolute atomic E-state index is 0.285. The fourth-order valence-corrected chi connectivity index (χ4v) is 3.50. The lowest BCUT2D eigenvalue weighted by molar-refractivity contribution is 0.488. The highest BCUT2D eigenvalue weighted by Gasteiger charge is 2.19. The first kappa shape index (κ1) is 16.2. The summed E-state index contributed by atoms with van der Waals surface area (Å²) < 4.78 is 2.12. The van der Waals surface area contributed by atoms with Gasteiger partial charge in [-0.2, -0.15) is 5.10 Å². The Hall–Kier alpha value is -1.20. The van der Waals surface area contributed by atoms with E-state index in [0.717, 1.165) is 31.6 Å². The number of nitrogens with one attached hydrogen (secondary N) is 1. The monoisotopic (exact) mass is 306 g/mol. The van der Waals surface area contributed by atoms with Crippen LogP contribution in [0.15, 0.2) is 6.07 Å². The summed E-state index contributed by atoms with van der Waals surface area (Å²) >= 11 is 1.81. The minimum Gasteiger partial charge on any atom is -0.309 e. The fourth-order valence-electron chi connectivity index (χ4n) is 2.52. The maximum atomic E-state index is 4.69. The molecule has 1 N–H and O–H groups in total. The normalized spacial score (nSPS) is 12.8. The third-order valence-corrected chi connectivity index (χ3v) is 4.88. The Kier molecular flexibility index (Phi) is 5.53. The van der Waals surface area contributed by atoms with Gasteiger partial charge in [0, 0.05) is 17.8 Å². The molecule has 0 aliphatic carbocycles. The van der Waals surface area contributed by atoms with Gasteiger partial charge >= 0.3 is 0 Å². The van der Waals surface area contributed by atoms with Crippen molar-refractivity contribution in [2.45, 2.75) is 60.0 Å². The third-order valence-electron chi connectivity index (χ3n) is 3.78. The lowest BCUT2D eigenvalue weighted by atomic mass is 10.1. The van der Waals surface area contributed by atoms with Crippen molar-refractivity contribution in [2.75, 3.05) is 6.54 Å². The molecular weight excluding hydrogens is 280 g/mol. The first-order valence-electron chi connectivity index (χ1n) is 7.81. The van der Waals surface area contributed by atoms with Crippen LogP contribution < -0.4 is 5.32 Å². The minimum atomic E-state index is 0.285. The second-order valence-electron chi connectivity index (χ2n) is 5.29. The van der Waals surface area contributed by atoms with Crippen molar-refractivity contribution in [1.82, 2.24) is 20.1 Å². The summed E-state index contributed by atoms with van der Waals surface area (Å²) in [7, 11) is 0. The zero-order valence-electron chi connectivity index (χ0n) is 13.7. The smallest absolute Gasteiger partial charge is 0.0950 e. The molecule has 2 heterocycles. The molecule has 0 aliphatic heterocycles. The summed E-state index contributed by atoms with van der Waals surface area (Å²) in [6.07, 6.45) is 1.91. The molecule has 0 fully saturated rings. The fraction of sp³-hybridized carbons (Fsp3) is 0.625. The molecule has 116 valence electrons. The first-order valence-corrected chi connectivity index (χ1v) is 8.63. The lowest BCUT2D eigenvalue weighted by Crippen LogP contribution is -2.25. The van der Waals surface area contributed by atoms with Gasteiger partial charge in [-0.05, 0) is 39.8 Å². The molecule has 0 bridgehead atoms. The molecule has 21 heavy (non-hydrogen) atoms. The van der Waals surface area contributed by atoms with Crippen molar-refractivity contribution < 1.29 is 0 Å². The number of aromatic nitrogens is 3. The van der Waals surface area contributed by atoms with Crippen LogP contribution >= 0.6 is 11.3 Å². The van der Waals surface area contributed by atoms with Crippen molar-refractivity contribution in [1.29, 1.82) is 0 Å². The third kappa shape index (κ3) is 3.71. The molecule has 0 saturated carbocycles. The number of hydrogen-bond donors (Lipinski definition) is 1. The quantitative estimate of drug-likeness (QED) is 0.852. The van der Waals surface area contributed by atoms with E-state index in [9.17, 15) is 0 Å². The maximum absolute atomic E-state index is 4.69. The van der Waals surface area contributed by atoms with Crippen LogP contribution in [-0.4, -0.2) is 21.3 Å². The van der Waals surface area contributed by atoms with Crippen LogP contribution in [0, 0.1) is 13.8 Å². The summed E-state index contributed by atoms with van der Waals surface area (Å²) in [5.41, 5.74) is 3.60. The lowest BCUT2D eigenvalue weighted by Gasteiger charge is -2.17. The Morgan fingerprint density at radius 3 is 2.57 bits per heavy atom. The zero-order valence-corrected chi connectivity index (χ0v) is 14.5. The second kappa shape index (κ2) is 7.18. The SMILES string of the molecule is CCNC(Cc1nc(C)c(C)s1)c1cc(CC)nn1CC. The van der Waals surface area contributed by atoms with Gasteiger partial charge in [-0.1, -0.05) is 13.8 Å². The van der Waals surface area contributed by atoms with Crippen LogP contribution in [0.25, 0.3) is 0 Å². The van der Waals surface area contributed by atoms with Gasteiger partial charge in [0.25, 0.3) is 0 Å². The topological polar surface area (TPSA) is 42.7 Å². The van der Waals surface area contributed by atoms with Crippen LogP contribution in [0.1, 0.15) is 53.8 Å². The number of nitrogens with zero attached hydrogens (tertiary/aromatic N) is 3. The average molecular weight is 306 g/mol. The highest BCUT2D eigenvalue weighted by Crippen LogP contribution is 2.24. The number of aryl methyl sites for hydroxylation is 4. The van der Waals surface area contributed by atoms with E-state index in [4.69, 9.17) is 0 Å². The Bertz CT molecular complexity index is 566. The second-order valence-corrected chi connectivity index (χ2v) is 6.58. The number of hydrogen-bond acceptors (Lipinski definition) is 4. The molecule has 0 radical (unpaired) electrons. The summed E-state index contributed by atoms with van der Waals surface area (Å²) in [5, 5.41) is 9.47. The van der Waals surface area contributed by atoms with Crippen molar-refractivity contribution in [3.63, 3.8) is 0 Å². The number of rotatable bonds is 7. The molecule has 0 aliphatic rings. The van der Waals surface area contributed by atoms with E-state index in [1.807, 2.05) is 11.3 Å². The van der Waals surface area contributed by atoms with Crippen molar-refractivity contribution in [3.05, 3.63) is 33.0 Å². The molecule has 1 unspecified atom stereocenters. The van der Waals surface area contributed by atoms with Gasteiger partial charge in [0.05, 0.1) is 28.1 Å². The Labute approximate surface area is 131 Å². The van der Waals surface area contributed by atoms with Crippen LogP contribution in [0.2, 0.25) is 0 Å². The molecule has 2 aromatic rings. The van der Waals surface area contributed by atoms with E-state index in [1.165, 1.54) is 21.3 Å². The molecule has 2 rings (SSSR count). The summed E-state index contributed by atoms with van der Waals surface area (Å²) in [5.74, 6) is 0. The molecular formula is C16H26N4S. The Morgan fingerprint density at radius 1 is 1.29 bits per heavy atom. The predicted molar refractivity (Wildman–Crippen MR) is 89.0 cm³/mol. The van der Waals surface area contributed by atoms with Crippen molar-refractivity contribution in [3.8, 4) is 0 Å². The Balaban J connectivity index is 2.27. The molecule has 0 amide bonds. The van der Waals surface area contributed by atoms with Gasteiger partial charge in [0.1, 0.15) is 0 Å². The Morgan fingerprint density at radius 2 is 2.05 bits per heavy atom. The van der Waals surface area contributed by atoms with E-state index in [0.29, 0.717) is 0 Å². The summed E-state index contributed by atoms with van der Waals surface area (Å²) in [6.45, 7) is 12.5. The van der Waals surface area contributed by atoms with Crippen LogP contribution in [0.3, 0.4) is 0 Å². The summed E-state index contributed by atoms with van der Waals surface area (Å²) in [6, 6.07) is 2.53. The first-order chi connectivity index (χ1) is 10.1. The highest BCUT2D eigenvalue weighted by atomic mass is 32.1. The standard InChI is InChI=1S/C16H26N4S/c1-6-13-9-15(20(8-3)19-13)14(17-7-2)10-16-18-11(4)12(5)21-16/h9,14,17H,6-8,10H2,1-5H3. The van der Waals surface area contributed by atoms with E-state index in [-0.39, 0.29) is 6.04 Å². The van der Waals surface area contributed by atoms with Crippen molar-refractivity contribution >= 4 is 11.3 Å². The molecule has 4 nitrogen and oxygen atoms in total. The van der Waals surface area contributed by atoms with E-state index >= 15 is 0 Å². The largest absolute Gasteiger partial charge is 0.309 e. The van der Waals surface area contributed by atoms with Crippen LogP contribution in [0.4, 0.5) is 0 Å². The predicted octanol–water partition coefficient (Wildman–Crippen LogP) is 3.43. The van der Waals surface area contributed by atoms with Crippen molar-refractivity contribution in [2.24, 2.45) is 0 Å². The van der Waals surface area contributed by atoms with Gasteiger partial charge in [-0.25, -0.2) is 4.98 Å². The average Bonchev–Trinajstić information content (AvgIpc) is 3.02.